The van der Waals surface area contributed by atoms with E-state index in [1.807, 2.05) is 6.07 Å². The zero-order chi connectivity index (χ0) is 15.0. The fourth-order valence-corrected chi connectivity index (χ4v) is 2.17. The Labute approximate surface area is 128 Å². The van der Waals surface area contributed by atoms with Gasteiger partial charge < -0.3 is 15.2 Å². The minimum absolute atomic E-state index is 0.0792. The number of hydrogen-bond donors (Lipinski definition) is 2. The molecule has 0 spiro atoms. The lowest BCUT2D eigenvalue weighted by Gasteiger charge is -2.13. The van der Waals surface area contributed by atoms with E-state index >= 15 is 0 Å². The molecule has 0 aliphatic rings. The average molecular weight is 374 g/mol. The third kappa shape index (κ3) is 8.68. The first kappa shape index (κ1) is 17.6. The van der Waals surface area contributed by atoms with Crippen LogP contribution in [0.25, 0.3) is 0 Å². The number of rotatable bonds is 8. The second kappa shape index (κ2) is 8.76. The van der Waals surface area contributed by atoms with Crippen LogP contribution < -0.4 is 10.1 Å². The molecule has 0 fully saturated rings. The Morgan fingerprint density at radius 2 is 2.15 bits per heavy atom. The van der Waals surface area contributed by atoms with Crippen LogP contribution in [0.3, 0.4) is 0 Å². The molecule has 0 aromatic heterocycles. The summed E-state index contributed by atoms with van der Waals surface area (Å²) in [6, 6.07) is 7.17. The molecule has 114 valence electrons. The fourth-order valence-electron chi connectivity index (χ4n) is 1.32. The van der Waals surface area contributed by atoms with Crippen molar-refractivity contribution in [3.63, 3.8) is 0 Å². The van der Waals surface area contributed by atoms with Gasteiger partial charge in [0.1, 0.15) is 18.5 Å². The number of thioether (sulfide) groups is 1. The maximum atomic E-state index is 11.8. The van der Waals surface area contributed by atoms with Crippen molar-refractivity contribution in [1.82, 2.24) is 5.32 Å². The number of hydrogen-bond acceptors (Lipinski definition) is 4. The van der Waals surface area contributed by atoms with E-state index in [0.717, 1.165) is 4.47 Å². The van der Waals surface area contributed by atoms with Crippen LogP contribution in [0.4, 0.5) is 13.2 Å². The molecule has 0 saturated heterocycles. The van der Waals surface area contributed by atoms with Gasteiger partial charge in [0.25, 0.3) is 0 Å². The largest absolute Gasteiger partial charge is 0.491 e. The Hall–Kier alpha value is -0.440. The quantitative estimate of drug-likeness (QED) is 0.687. The minimum atomic E-state index is -4.20. The van der Waals surface area contributed by atoms with Crippen molar-refractivity contribution in [3.05, 3.63) is 28.7 Å². The third-order valence-corrected chi connectivity index (χ3v) is 3.39. The molecule has 1 atom stereocenters. The molecule has 0 amide bonds. The SMILES string of the molecule is OC(CNCCSC(F)(F)F)COc1cccc(Br)c1. The molecule has 1 unspecified atom stereocenters. The molecule has 0 heterocycles. The van der Waals surface area contributed by atoms with Crippen molar-refractivity contribution in [2.75, 3.05) is 25.4 Å². The molecule has 0 aliphatic carbocycles. The lowest BCUT2D eigenvalue weighted by atomic mass is 10.3. The van der Waals surface area contributed by atoms with Crippen LogP contribution in [0.1, 0.15) is 0 Å². The standard InChI is InChI=1S/C12H15BrF3NO2S/c13-9-2-1-3-11(6-9)19-8-10(18)7-17-4-5-20-12(14,15)16/h1-3,6,10,17-18H,4-5,7-8H2. The number of halogens is 4. The first-order valence-electron chi connectivity index (χ1n) is 5.84. The van der Waals surface area contributed by atoms with Gasteiger partial charge >= 0.3 is 5.51 Å². The summed E-state index contributed by atoms with van der Waals surface area (Å²) in [5.74, 6) is 0.536. The monoisotopic (exact) mass is 373 g/mol. The molecule has 0 radical (unpaired) electrons. The third-order valence-electron chi connectivity index (χ3n) is 2.16. The van der Waals surface area contributed by atoms with Crippen LogP contribution in [-0.4, -0.2) is 42.2 Å². The van der Waals surface area contributed by atoms with Gasteiger partial charge in [-0.15, -0.1) is 0 Å². The predicted octanol–water partition coefficient (Wildman–Crippen LogP) is 3.03. The molecule has 8 heteroatoms. The Kier molecular flexibility index (Phi) is 7.71. The van der Waals surface area contributed by atoms with Crippen molar-refractivity contribution >= 4 is 27.7 Å². The molecule has 1 aromatic rings. The minimum Gasteiger partial charge on any atom is -0.491 e. The van der Waals surface area contributed by atoms with Crippen LogP contribution in [0.5, 0.6) is 5.75 Å². The highest BCUT2D eigenvalue weighted by molar-refractivity contribution is 9.10. The topological polar surface area (TPSA) is 41.5 Å². The summed E-state index contributed by atoms with van der Waals surface area (Å²) in [5, 5.41) is 12.4. The van der Waals surface area contributed by atoms with Gasteiger partial charge in [0.2, 0.25) is 0 Å². The molecular formula is C12H15BrF3NO2S. The van der Waals surface area contributed by atoms with Crippen molar-refractivity contribution < 1.29 is 23.0 Å². The molecule has 0 saturated carbocycles. The second-order valence-corrected chi connectivity index (χ2v) is 6.00. The summed E-state index contributed by atoms with van der Waals surface area (Å²) in [6.07, 6.45) is -0.773. The fraction of sp³-hybridized carbons (Fsp3) is 0.500. The van der Waals surface area contributed by atoms with Gasteiger partial charge in [0.05, 0.1) is 0 Å². The van der Waals surface area contributed by atoms with E-state index in [1.54, 1.807) is 18.2 Å². The summed E-state index contributed by atoms with van der Waals surface area (Å²) in [7, 11) is 0. The van der Waals surface area contributed by atoms with Crippen LogP contribution >= 0.6 is 27.7 Å². The first-order valence-corrected chi connectivity index (χ1v) is 7.62. The number of aliphatic hydroxyl groups excluding tert-OH is 1. The van der Waals surface area contributed by atoms with Gasteiger partial charge in [-0.25, -0.2) is 0 Å². The molecular weight excluding hydrogens is 359 g/mol. The highest BCUT2D eigenvalue weighted by atomic mass is 79.9. The molecule has 1 aromatic carbocycles. The van der Waals surface area contributed by atoms with Gasteiger partial charge in [0.15, 0.2) is 0 Å². The van der Waals surface area contributed by atoms with E-state index < -0.39 is 11.6 Å². The summed E-state index contributed by atoms with van der Waals surface area (Å²) >= 11 is 3.21. The molecule has 1 rings (SSSR count). The van der Waals surface area contributed by atoms with Crippen molar-refractivity contribution in [1.29, 1.82) is 0 Å². The van der Waals surface area contributed by atoms with E-state index in [0.29, 0.717) is 5.75 Å². The van der Waals surface area contributed by atoms with Gasteiger partial charge in [-0.1, -0.05) is 22.0 Å². The predicted molar refractivity (Wildman–Crippen MR) is 77.0 cm³/mol. The Balaban J connectivity index is 2.10. The molecule has 0 bridgehead atoms. The maximum absolute atomic E-state index is 11.8. The Morgan fingerprint density at radius 1 is 1.40 bits per heavy atom. The van der Waals surface area contributed by atoms with Gasteiger partial charge in [-0.3, -0.25) is 0 Å². The molecule has 2 N–H and O–H groups in total. The van der Waals surface area contributed by atoms with E-state index in [1.165, 1.54) is 0 Å². The highest BCUT2D eigenvalue weighted by Crippen LogP contribution is 2.29. The van der Waals surface area contributed by atoms with Crippen LogP contribution in [0.15, 0.2) is 28.7 Å². The summed E-state index contributed by atoms with van der Waals surface area (Å²) in [5.41, 5.74) is -4.20. The van der Waals surface area contributed by atoms with Crippen molar-refractivity contribution in [2.45, 2.75) is 11.6 Å². The number of aliphatic hydroxyl groups is 1. The van der Waals surface area contributed by atoms with E-state index in [-0.39, 0.29) is 37.2 Å². The molecule has 20 heavy (non-hydrogen) atoms. The maximum Gasteiger partial charge on any atom is 0.441 e. The average Bonchev–Trinajstić information content (AvgIpc) is 2.35. The normalized spacial score (nSPS) is 13.2. The number of ether oxygens (including phenoxy) is 1. The van der Waals surface area contributed by atoms with Gasteiger partial charge in [-0.05, 0) is 30.0 Å². The lowest BCUT2D eigenvalue weighted by Crippen LogP contribution is -2.32. The molecule has 3 nitrogen and oxygen atoms in total. The number of benzene rings is 1. The van der Waals surface area contributed by atoms with Crippen LogP contribution in [0.2, 0.25) is 0 Å². The van der Waals surface area contributed by atoms with Gasteiger partial charge in [0, 0.05) is 23.3 Å². The first-order chi connectivity index (χ1) is 9.37. The number of alkyl halides is 3. The van der Waals surface area contributed by atoms with E-state index in [4.69, 9.17) is 4.74 Å². The zero-order valence-electron chi connectivity index (χ0n) is 10.5. The molecule has 0 aliphatic heterocycles. The van der Waals surface area contributed by atoms with Gasteiger partial charge in [-0.2, -0.15) is 13.2 Å². The lowest BCUT2D eigenvalue weighted by molar-refractivity contribution is -0.0327. The van der Waals surface area contributed by atoms with Crippen LogP contribution in [-0.2, 0) is 0 Å². The number of nitrogens with one attached hydrogen (secondary N) is 1. The van der Waals surface area contributed by atoms with Crippen molar-refractivity contribution in [3.8, 4) is 5.75 Å². The summed E-state index contributed by atoms with van der Waals surface area (Å²) in [4.78, 5) is 0. The zero-order valence-corrected chi connectivity index (χ0v) is 12.9. The van der Waals surface area contributed by atoms with Crippen LogP contribution in [0, 0.1) is 0 Å². The Morgan fingerprint density at radius 3 is 2.80 bits per heavy atom. The van der Waals surface area contributed by atoms with E-state index in [9.17, 15) is 18.3 Å². The smallest absolute Gasteiger partial charge is 0.441 e. The second-order valence-electron chi connectivity index (χ2n) is 3.92. The van der Waals surface area contributed by atoms with E-state index in [2.05, 4.69) is 21.2 Å². The Bertz CT molecular complexity index is 407. The summed E-state index contributed by atoms with van der Waals surface area (Å²) in [6.45, 7) is 0.445. The summed E-state index contributed by atoms with van der Waals surface area (Å²) < 4.78 is 41.8. The van der Waals surface area contributed by atoms with Crippen molar-refractivity contribution in [2.24, 2.45) is 0 Å². The highest BCUT2D eigenvalue weighted by Gasteiger charge is 2.27.